The fraction of sp³-hybridized carbons (Fsp3) is 0.476. The molecule has 0 aliphatic carbocycles. The van der Waals surface area contributed by atoms with Gasteiger partial charge in [0.1, 0.15) is 0 Å². The molecule has 5 nitrogen and oxygen atoms in total. The van der Waals surface area contributed by atoms with E-state index in [9.17, 15) is 4.79 Å². The van der Waals surface area contributed by atoms with Crippen molar-refractivity contribution >= 4 is 11.9 Å². The smallest absolute Gasteiger partial charge is 0.257 e. The van der Waals surface area contributed by atoms with E-state index in [0.29, 0.717) is 24.7 Å². The third kappa shape index (κ3) is 4.21. The monoisotopic (exact) mass is 352 g/mol. The quantitative estimate of drug-likeness (QED) is 0.791. The number of benzene rings is 1. The number of piperidine rings is 1. The lowest BCUT2D eigenvalue weighted by Gasteiger charge is -2.35. The first-order chi connectivity index (χ1) is 12.7. The van der Waals surface area contributed by atoms with Crippen LogP contribution in [0.5, 0.6) is 0 Å². The standard InChI is InChI=1S/C21H28N4O/c1-3-19-12-8-9-13-25(19)21-22-14-18(15-23-21)20(26)24(4-2)16-17-10-6-5-7-11-17/h5-7,10-11,14-15,19H,3-4,8-9,12-13,16H2,1-2H3. The van der Waals surface area contributed by atoms with Gasteiger partial charge in [0, 0.05) is 38.1 Å². The largest absolute Gasteiger partial charge is 0.338 e. The van der Waals surface area contributed by atoms with Gasteiger partial charge in [-0.05, 0) is 38.2 Å². The Morgan fingerprint density at radius 2 is 1.88 bits per heavy atom. The Morgan fingerprint density at radius 3 is 2.54 bits per heavy atom. The molecule has 1 aliphatic rings. The number of carbonyl (C=O) groups is 1. The average Bonchev–Trinajstić information content (AvgIpc) is 2.72. The van der Waals surface area contributed by atoms with Crippen molar-refractivity contribution in [1.29, 1.82) is 0 Å². The summed E-state index contributed by atoms with van der Waals surface area (Å²) < 4.78 is 0. The predicted molar refractivity (Wildman–Crippen MR) is 104 cm³/mol. The summed E-state index contributed by atoms with van der Waals surface area (Å²) in [5, 5.41) is 0. The lowest BCUT2D eigenvalue weighted by molar-refractivity contribution is 0.0751. The van der Waals surface area contributed by atoms with Crippen molar-refractivity contribution in [2.24, 2.45) is 0 Å². The Hall–Kier alpha value is -2.43. The molecule has 1 saturated heterocycles. The van der Waals surface area contributed by atoms with Crippen molar-refractivity contribution < 1.29 is 4.79 Å². The van der Waals surface area contributed by atoms with Gasteiger partial charge in [0.25, 0.3) is 5.91 Å². The van der Waals surface area contributed by atoms with Crippen LogP contribution in [0.15, 0.2) is 42.7 Å². The van der Waals surface area contributed by atoms with E-state index in [-0.39, 0.29) is 5.91 Å². The number of hydrogen-bond acceptors (Lipinski definition) is 4. The van der Waals surface area contributed by atoms with Crippen molar-refractivity contribution in [2.45, 2.75) is 52.1 Å². The summed E-state index contributed by atoms with van der Waals surface area (Å²) >= 11 is 0. The summed E-state index contributed by atoms with van der Waals surface area (Å²) in [6, 6.07) is 10.6. The van der Waals surface area contributed by atoms with Gasteiger partial charge in [0.15, 0.2) is 0 Å². The molecule has 1 amide bonds. The van der Waals surface area contributed by atoms with Gasteiger partial charge >= 0.3 is 0 Å². The molecule has 0 bridgehead atoms. The van der Waals surface area contributed by atoms with Crippen LogP contribution in [0.2, 0.25) is 0 Å². The van der Waals surface area contributed by atoms with Gasteiger partial charge < -0.3 is 9.80 Å². The summed E-state index contributed by atoms with van der Waals surface area (Å²) in [7, 11) is 0. The highest BCUT2D eigenvalue weighted by Gasteiger charge is 2.23. The van der Waals surface area contributed by atoms with Crippen molar-refractivity contribution in [3.05, 3.63) is 53.9 Å². The number of nitrogens with zero attached hydrogens (tertiary/aromatic N) is 4. The molecule has 1 aromatic carbocycles. The van der Waals surface area contributed by atoms with E-state index in [1.807, 2.05) is 42.2 Å². The summed E-state index contributed by atoms with van der Waals surface area (Å²) in [6.07, 6.45) is 8.11. The van der Waals surface area contributed by atoms with Gasteiger partial charge in [-0.15, -0.1) is 0 Å². The van der Waals surface area contributed by atoms with Crippen LogP contribution in [0, 0.1) is 0 Å². The first kappa shape index (κ1) is 18.4. The van der Waals surface area contributed by atoms with Crippen molar-refractivity contribution in [2.75, 3.05) is 18.0 Å². The summed E-state index contributed by atoms with van der Waals surface area (Å²) in [6.45, 7) is 6.46. The number of amides is 1. The second kappa shape index (κ2) is 8.79. The molecule has 26 heavy (non-hydrogen) atoms. The summed E-state index contributed by atoms with van der Waals surface area (Å²) in [5.74, 6) is 0.729. The Morgan fingerprint density at radius 1 is 1.15 bits per heavy atom. The molecule has 1 aliphatic heterocycles. The number of aromatic nitrogens is 2. The molecule has 1 unspecified atom stereocenters. The zero-order valence-electron chi connectivity index (χ0n) is 15.8. The molecule has 1 fully saturated rings. The summed E-state index contributed by atoms with van der Waals surface area (Å²) in [5.41, 5.74) is 1.68. The lowest BCUT2D eigenvalue weighted by Crippen LogP contribution is -2.40. The Kier molecular flexibility index (Phi) is 6.21. The van der Waals surface area contributed by atoms with Crippen molar-refractivity contribution in [3.63, 3.8) is 0 Å². The van der Waals surface area contributed by atoms with E-state index in [1.165, 1.54) is 19.3 Å². The maximum Gasteiger partial charge on any atom is 0.257 e. The molecule has 5 heteroatoms. The maximum atomic E-state index is 12.8. The number of anilines is 1. The maximum absolute atomic E-state index is 12.8. The fourth-order valence-electron chi connectivity index (χ4n) is 3.58. The molecule has 0 radical (unpaired) electrons. The second-order valence-corrected chi connectivity index (χ2v) is 6.83. The van der Waals surface area contributed by atoms with Crippen LogP contribution in [0.25, 0.3) is 0 Å². The molecular weight excluding hydrogens is 324 g/mol. The second-order valence-electron chi connectivity index (χ2n) is 6.83. The van der Waals surface area contributed by atoms with Crippen LogP contribution >= 0.6 is 0 Å². The Balaban J connectivity index is 1.71. The normalized spacial score (nSPS) is 17.2. The fourth-order valence-corrected chi connectivity index (χ4v) is 3.58. The van der Waals surface area contributed by atoms with Crippen LogP contribution in [-0.2, 0) is 6.54 Å². The van der Waals surface area contributed by atoms with Gasteiger partial charge in [-0.25, -0.2) is 9.97 Å². The average molecular weight is 352 g/mol. The van der Waals surface area contributed by atoms with Crippen molar-refractivity contribution in [3.8, 4) is 0 Å². The topological polar surface area (TPSA) is 49.3 Å². The van der Waals surface area contributed by atoms with Gasteiger partial charge in [0.2, 0.25) is 5.95 Å². The minimum atomic E-state index is -0.0198. The summed E-state index contributed by atoms with van der Waals surface area (Å²) in [4.78, 5) is 26.0. The Bertz CT molecular complexity index is 702. The van der Waals surface area contributed by atoms with Gasteiger partial charge in [0.05, 0.1) is 5.56 Å². The zero-order chi connectivity index (χ0) is 18.4. The van der Waals surface area contributed by atoms with Crippen LogP contribution in [-0.4, -0.2) is 39.9 Å². The van der Waals surface area contributed by atoms with E-state index in [4.69, 9.17) is 0 Å². The first-order valence-electron chi connectivity index (χ1n) is 9.64. The SMILES string of the molecule is CCC1CCCCN1c1ncc(C(=O)N(CC)Cc2ccccc2)cn1. The van der Waals surface area contributed by atoms with Gasteiger partial charge in [-0.2, -0.15) is 0 Å². The van der Waals surface area contributed by atoms with E-state index in [1.54, 1.807) is 12.4 Å². The van der Waals surface area contributed by atoms with Crippen LogP contribution < -0.4 is 4.90 Å². The van der Waals surface area contributed by atoms with E-state index < -0.39 is 0 Å². The molecule has 1 aromatic heterocycles. The van der Waals surface area contributed by atoms with Crippen LogP contribution in [0.1, 0.15) is 55.5 Å². The van der Waals surface area contributed by atoms with Crippen LogP contribution in [0.3, 0.4) is 0 Å². The first-order valence-corrected chi connectivity index (χ1v) is 9.64. The van der Waals surface area contributed by atoms with E-state index >= 15 is 0 Å². The molecule has 2 aromatic rings. The highest BCUT2D eigenvalue weighted by molar-refractivity contribution is 5.93. The molecule has 2 heterocycles. The third-order valence-electron chi connectivity index (χ3n) is 5.13. The Labute approximate surface area is 156 Å². The molecule has 0 saturated carbocycles. The zero-order valence-corrected chi connectivity index (χ0v) is 15.8. The number of carbonyl (C=O) groups excluding carboxylic acids is 1. The lowest BCUT2D eigenvalue weighted by atomic mass is 10.0. The molecular formula is C21H28N4O. The van der Waals surface area contributed by atoms with Crippen molar-refractivity contribution in [1.82, 2.24) is 14.9 Å². The van der Waals surface area contributed by atoms with E-state index in [2.05, 4.69) is 21.8 Å². The van der Waals surface area contributed by atoms with Gasteiger partial charge in [-0.1, -0.05) is 37.3 Å². The van der Waals surface area contributed by atoms with Gasteiger partial charge in [-0.3, -0.25) is 4.79 Å². The molecule has 0 N–H and O–H groups in total. The minimum Gasteiger partial charge on any atom is -0.338 e. The minimum absolute atomic E-state index is 0.0198. The highest BCUT2D eigenvalue weighted by Crippen LogP contribution is 2.23. The number of hydrogen-bond donors (Lipinski definition) is 0. The predicted octanol–water partition coefficient (Wildman–Crippen LogP) is 3.91. The van der Waals surface area contributed by atoms with Crippen LogP contribution in [0.4, 0.5) is 5.95 Å². The molecule has 138 valence electrons. The molecule has 3 rings (SSSR count). The van der Waals surface area contributed by atoms with E-state index in [0.717, 1.165) is 24.5 Å². The third-order valence-corrected chi connectivity index (χ3v) is 5.13. The molecule has 1 atom stereocenters. The number of rotatable bonds is 6. The molecule has 0 spiro atoms. The highest BCUT2D eigenvalue weighted by atomic mass is 16.2.